The van der Waals surface area contributed by atoms with E-state index in [1.165, 1.54) is 6.07 Å². The van der Waals surface area contributed by atoms with Gasteiger partial charge in [-0.2, -0.15) is 0 Å². The Kier molecular flexibility index (Phi) is 4.88. The van der Waals surface area contributed by atoms with Crippen LogP contribution < -0.4 is 0 Å². The number of phenolic OH excluding ortho intramolecular Hbond substituents is 1. The number of fused-ring (bicyclic) bond motifs is 1. The van der Waals surface area contributed by atoms with E-state index in [0.29, 0.717) is 31.0 Å². The normalized spacial score (nSPS) is 14.6. The van der Waals surface area contributed by atoms with Crippen LogP contribution >= 0.6 is 0 Å². The Labute approximate surface area is 123 Å². The molecule has 0 bridgehead atoms. The van der Waals surface area contributed by atoms with Gasteiger partial charge in [-0.15, -0.1) is 0 Å². The number of rotatable bonds is 6. The molecule has 1 aliphatic carbocycles. The fourth-order valence-corrected chi connectivity index (χ4v) is 2.24. The zero-order valence-corrected chi connectivity index (χ0v) is 12.1. The number of allylic oxidation sites excluding steroid dienone is 1. The van der Waals surface area contributed by atoms with Gasteiger partial charge < -0.3 is 14.6 Å². The van der Waals surface area contributed by atoms with Gasteiger partial charge >= 0.3 is 0 Å². The van der Waals surface area contributed by atoms with Crippen LogP contribution in [0.4, 0.5) is 0 Å². The van der Waals surface area contributed by atoms with Crippen LogP contribution in [0, 0.1) is 0 Å². The number of hydrogen-bond donors (Lipinski definition) is 1. The third-order valence-corrected chi connectivity index (χ3v) is 3.40. The first-order valence-electron chi connectivity index (χ1n) is 6.84. The molecule has 0 fully saturated rings. The molecule has 0 aliphatic heterocycles. The number of phenols is 1. The minimum atomic E-state index is -0.350. The summed E-state index contributed by atoms with van der Waals surface area (Å²) in [5.74, 6) is -0.773. The molecule has 0 amide bonds. The summed E-state index contributed by atoms with van der Waals surface area (Å²) in [4.78, 5) is 24.7. The van der Waals surface area contributed by atoms with Crippen molar-refractivity contribution in [3.8, 4) is 5.75 Å². The van der Waals surface area contributed by atoms with Crippen molar-refractivity contribution in [3.63, 3.8) is 0 Å². The maximum Gasteiger partial charge on any atom is 0.196 e. The van der Waals surface area contributed by atoms with Gasteiger partial charge in [0.15, 0.2) is 11.6 Å². The van der Waals surface area contributed by atoms with Crippen molar-refractivity contribution in [1.29, 1.82) is 0 Å². The molecule has 0 saturated heterocycles. The van der Waals surface area contributed by atoms with Crippen molar-refractivity contribution in [2.45, 2.75) is 13.8 Å². The van der Waals surface area contributed by atoms with Gasteiger partial charge in [0.25, 0.3) is 0 Å². The quantitative estimate of drug-likeness (QED) is 0.813. The SMILES string of the molecule is CCOCCOCC1=C(C)C(=O)c2cccc(O)c2C1=O. The Morgan fingerprint density at radius 3 is 2.52 bits per heavy atom. The first kappa shape index (κ1) is 15.4. The van der Waals surface area contributed by atoms with Crippen molar-refractivity contribution in [1.82, 2.24) is 0 Å². The van der Waals surface area contributed by atoms with Gasteiger partial charge in [-0.05, 0) is 19.9 Å². The molecule has 0 spiro atoms. The number of hydrogen-bond acceptors (Lipinski definition) is 5. The average molecular weight is 290 g/mol. The van der Waals surface area contributed by atoms with E-state index in [2.05, 4.69) is 0 Å². The van der Waals surface area contributed by atoms with Crippen LogP contribution in [0.25, 0.3) is 0 Å². The molecule has 5 heteroatoms. The molecule has 5 nitrogen and oxygen atoms in total. The highest BCUT2D eigenvalue weighted by molar-refractivity contribution is 6.27. The van der Waals surface area contributed by atoms with Crippen LogP contribution in [-0.4, -0.2) is 43.1 Å². The van der Waals surface area contributed by atoms with Crippen LogP contribution in [0.15, 0.2) is 29.3 Å². The first-order chi connectivity index (χ1) is 10.1. The van der Waals surface area contributed by atoms with E-state index in [1.807, 2.05) is 6.92 Å². The zero-order chi connectivity index (χ0) is 15.4. The number of carbonyl (C=O) groups excluding carboxylic acids is 2. The second-order valence-corrected chi connectivity index (χ2v) is 4.71. The molecule has 0 atom stereocenters. The predicted octanol–water partition coefficient (Wildman–Crippen LogP) is 2.14. The third-order valence-electron chi connectivity index (χ3n) is 3.40. The smallest absolute Gasteiger partial charge is 0.196 e. The van der Waals surface area contributed by atoms with Crippen molar-refractivity contribution < 1.29 is 24.2 Å². The average Bonchev–Trinajstić information content (AvgIpc) is 2.47. The predicted molar refractivity (Wildman–Crippen MR) is 76.8 cm³/mol. The molecule has 21 heavy (non-hydrogen) atoms. The van der Waals surface area contributed by atoms with Gasteiger partial charge in [0.1, 0.15) is 5.75 Å². The summed E-state index contributed by atoms with van der Waals surface area (Å²) in [5.41, 5.74) is 0.979. The summed E-state index contributed by atoms with van der Waals surface area (Å²) in [7, 11) is 0. The van der Waals surface area contributed by atoms with Crippen LogP contribution in [0.2, 0.25) is 0 Å². The second-order valence-electron chi connectivity index (χ2n) is 4.71. The molecule has 0 radical (unpaired) electrons. The number of ketones is 2. The largest absolute Gasteiger partial charge is 0.507 e. The molecule has 1 aromatic rings. The van der Waals surface area contributed by atoms with E-state index in [0.717, 1.165) is 0 Å². The lowest BCUT2D eigenvalue weighted by molar-refractivity contribution is 0.0595. The molecule has 0 aromatic heterocycles. The highest BCUT2D eigenvalue weighted by Gasteiger charge is 2.31. The summed E-state index contributed by atoms with van der Waals surface area (Å²) in [6.45, 7) is 4.91. The Morgan fingerprint density at radius 1 is 1.10 bits per heavy atom. The number of ether oxygens (including phenoxy) is 2. The van der Waals surface area contributed by atoms with E-state index in [4.69, 9.17) is 9.47 Å². The summed E-state index contributed by atoms with van der Waals surface area (Å²) < 4.78 is 10.5. The molecule has 0 saturated carbocycles. The lowest BCUT2D eigenvalue weighted by atomic mass is 9.84. The number of benzene rings is 1. The van der Waals surface area contributed by atoms with Gasteiger partial charge in [0.05, 0.1) is 25.4 Å². The Hall–Kier alpha value is -1.98. The Bertz CT molecular complexity index is 601. The number of aromatic hydroxyl groups is 1. The molecule has 1 aromatic carbocycles. The van der Waals surface area contributed by atoms with E-state index in [1.54, 1.807) is 19.1 Å². The maximum absolute atomic E-state index is 12.4. The molecule has 0 unspecified atom stereocenters. The first-order valence-corrected chi connectivity index (χ1v) is 6.84. The van der Waals surface area contributed by atoms with Gasteiger partial charge in [-0.25, -0.2) is 0 Å². The second kappa shape index (κ2) is 6.65. The summed E-state index contributed by atoms with van der Waals surface area (Å²) >= 11 is 0. The summed E-state index contributed by atoms with van der Waals surface area (Å²) in [6, 6.07) is 4.50. The van der Waals surface area contributed by atoms with Crippen molar-refractivity contribution in [2.75, 3.05) is 26.4 Å². The van der Waals surface area contributed by atoms with Crippen LogP contribution in [-0.2, 0) is 9.47 Å². The Morgan fingerprint density at radius 2 is 1.81 bits per heavy atom. The van der Waals surface area contributed by atoms with Gasteiger partial charge in [0, 0.05) is 23.3 Å². The van der Waals surface area contributed by atoms with Crippen molar-refractivity contribution in [3.05, 3.63) is 40.5 Å². The number of carbonyl (C=O) groups is 2. The molecular weight excluding hydrogens is 272 g/mol. The van der Waals surface area contributed by atoms with E-state index < -0.39 is 0 Å². The summed E-state index contributed by atoms with van der Waals surface area (Å²) in [6.07, 6.45) is 0. The summed E-state index contributed by atoms with van der Waals surface area (Å²) in [5, 5.41) is 9.83. The molecule has 1 N–H and O–H groups in total. The highest BCUT2D eigenvalue weighted by atomic mass is 16.5. The van der Waals surface area contributed by atoms with Crippen molar-refractivity contribution in [2.24, 2.45) is 0 Å². The standard InChI is InChI=1S/C16H18O5/c1-3-20-7-8-21-9-12-10(2)15(18)11-5-4-6-13(17)14(11)16(12)19/h4-6,17H,3,7-9H2,1-2H3. The third kappa shape index (κ3) is 3.04. The van der Waals surface area contributed by atoms with E-state index in [-0.39, 0.29) is 35.0 Å². The minimum Gasteiger partial charge on any atom is -0.507 e. The zero-order valence-electron chi connectivity index (χ0n) is 12.1. The van der Waals surface area contributed by atoms with Gasteiger partial charge in [-0.1, -0.05) is 12.1 Å². The minimum absolute atomic E-state index is 0.0389. The lowest BCUT2D eigenvalue weighted by Gasteiger charge is -2.19. The van der Waals surface area contributed by atoms with Gasteiger partial charge in [-0.3, -0.25) is 9.59 Å². The monoisotopic (exact) mass is 290 g/mol. The van der Waals surface area contributed by atoms with Crippen molar-refractivity contribution >= 4 is 11.6 Å². The molecule has 2 rings (SSSR count). The van der Waals surface area contributed by atoms with Gasteiger partial charge in [0.2, 0.25) is 0 Å². The topological polar surface area (TPSA) is 72.8 Å². The van der Waals surface area contributed by atoms with E-state index in [9.17, 15) is 14.7 Å². The van der Waals surface area contributed by atoms with Crippen LogP contribution in [0.5, 0.6) is 5.75 Å². The molecular formula is C16H18O5. The van der Waals surface area contributed by atoms with Crippen LogP contribution in [0.1, 0.15) is 34.6 Å². The molecule has 112 valence electrons. The molecule has 0 heterocycles. The number of Topliss-reactive ketones (excluding diaryl/α,β-unsaturated/α-hetero) is 2. The van der Waals surface area contributed by atoms with E-state index >= 15 is 0 Å². The molecule has 1 aliphatic rings. The highest BCUT2D eigenvalue weighted by Crippen LogP contribution is 2.31. The fourth-order valence-electron chi connectivity index (χ4n) is 2.24. The Balaban J connectivity index is 2.19. The fraction of sp³-hybridized carbons (Fsp3) is 0.375. The maximum atomic E-state index is 12.4. The van der Waals surface area contributed by atoms with Crippen LogP contribution in [0.3, 0.4) is 0 Å². The lowest BCUT2D eigenvalue weighted by Crippen LogP contribution is -2.24.